The largest absolute Gasteiger partial charge is 0.458 e. The van der Waals surface area contributed by atoms with Crippen molar-refractivity contribution in [2.75, 3.05) is 0 Å². The molecule has 0 spiro atoms. The monoisotopic (exact) mass is 766 g/mol. The zero-order valence-electron chi connectivity index (χ0n) is 32.3. The van der Waals surface area contributed by atoms with Crippen LogP contribution in [0.15, 0.2) is 218 Å². The normalized spacial score (nSPS) is 13.8. The number of fused-ring (bicyclic) bond motifs is 6. The van der Waals surface area contributed by atoms with Gasteiger partial charge < -0.3 is 9.47 Å². The predicted octanol–water partition coefficient (Wildman–Crippen LogP) is 5.96. The lowest BCUT2D eigenvalue weighted by Crippen LogP contribution is -2.86. The molecule has 0 N–H and O–H groups in total. The molecule has 274 valence electrons. The maximum atomic E-state index is 6.69. The molecule has 9 aromatic rings. The second-order valence-corrected chi connectivity index (χ2v) is 19.6. The van der Waals surface area contributed by atoms with Crippen molar-refractivity contribution < 1.29 is 9.47 Å². The lowest BCUT2D eigenvalue weighted by atomic mass is 9.35. The fourth-order valence-electron chi connectivity index (χ4n) is 10.4. The van der Waals surface area contributed by atoms with Crippen LogP contribution in [0.5, 0.6) is 23.0 Å². The minimum Gasteiger partial charge on any atom is -0.458 e. The molecule has 59 heavy (non-hydrogen) atoms. The molecule has 0 fully saturated rings. The molecule has 0 amide bonds. The molecule has 3 heterocycles. The minimum atomic E-state index is -2.69. The highest BCUT2D eigenvalue weighted by Gasteiger charge is 2.50. The van der Waals surface area contributed by atoms with Gasteiger partial charge in [0.05, 0.1) is 0 Å². The summed E-state index contributed by atoms with van der Waals surface area (Å²) in [5.41, 5.74) is 12.1. The Bertz CT molecular complexity index is 2930. The van der Waals surface area contributed by atoms with Crippen molar-refractivity contribution in [2.45, 2.75) is 0 Å². The molecule has 0 aromatic heterocycles. The number of para-hydroxylation sites is 2. The third-order valence-electron chi connectivity index (χ3n) is 12.8. The van der Waals surface area contributed by atoms with Crippen molar-refractivity contribution in [1.29, 1.82) is 0 Å². The lowest BCUT2D eigenvalue weighted by Gasteiger charge is -2.43. The Kier molecular flexibility index (Phi) is 7.79. The first kappa shape index (κ1) is 34.0. The zero-order chi connectivity index (χ0) is 38.9. The van der Waals surface area contributed by atoms with Gasteiger partial charge in [0.2, 0.25) is 6.71 Å². The molecule has 0 atom stereocenters. The number of benzene rings is 9. The summed E-state index contributed by atoms with van der Waals surface area (Å²) in [5.74, 6) is 3.49. The zero-order valence-corrected chi connectivity index (χ0v) is 33.3. The van der Waals surface area contributed by atoms with E-state index in [1.807, 2.05) is 0 Å². The first-order valence-electron chi connectivity index (χ1n) is 20.5. The van der Waals surface area contributed by atoms with E-state index in [1.165, 1.54) is 59.2 Å². The summed E-state index contributed by atoms with van der Waals surface area (Å²) in [6.45, 7) is 0.0939. The van der Waals surface area contributed by atoms with Gasteiger partial charge in [0, 0.05) is 5.46 Å². The number of hydrogen-bond acceptors (Lipinski definition) is 2. The van der Waals surface area contributed by atoms with Crippen molar-refractivity contribution in [3.05, 3.63) is 218 Å². The Morgan fingerprint density at radius 1 is 0.305 bits per heavy atom. The van der Waals surface area contributed by atoms with Gasteiger partial charge in [-0.2, -0.15) is 0 Å². The molecule has 0 saturated carbocycles. The minimum absolute atomic E-state index is 0.0439. The first-order valence-corrected chi connectivity index (χ1v) is 22.5. The smallest absolute Gasteiger partial charge is 0.260 e. The molecule has 0 radical (unpaired) electrons. The van der Waals surface area contributed by atoms with Gasteiger partial charge in [0.15, 0.2) is 8.07 Å². The summed E-state index contributed by atoms with van der Waals surface area (Å²) < 4.78 is 13.4. The highest BCUT2D eigenvalue weighted by atomic mass is 28.3. The van der Waals surface area contributed by atoms with Crippen LogP contribution in [0.3, 0.4) is 0 Å². The molecule has 3 aliphatic heterocycles. The topological polar surface area (TPSA) is 18.5 Å². The molecule has 0 aliphatic carbocycles. The van der Waals surface area contributed by atoms with Crippen LogP contribution in [0.2, 0.25) is 0 Å². The van der Waals surface area contributed by atoms with Crippen LogP contribution >= 0.6 is 0 Å². The second-order valence-electron chi connectivity index (χ2n) is 15.9. The quantitative estimate of drug-likeness (QED) is 0.202. The molecule has 0 unspecified atom stereocenters. The first-order chi connectivity index (χ1) is 29.3. The molecule has 12 rings (SSSR count). The van der Waals surface area contributed by atoms with Crippen molar-refractivity contribution in [3.8, 4) is 45.3 Å². The van der Waals surface area contributed by atoms with Gasteiger partial charge in [-0.05, 0) is 84.3 Å². The van der Waals surface area contributed by atoms with Crippen LogP contribution in [-0.4, -0.2) is 21.5 Å². The summed E-state index contributed by atoms with van der Waals surface area (Å²) in [4.78, 5) is 0. The third-order valence-corrected chi connectivity index (χ3v) is 17.8. The van der Waals surface area contributed by atoms with Gasteiger partial charge in [-0.25, -0.2) is 0 Å². The molecular weight excluding hydrogens is 730 g/mol. The van der Waals surface area contributed by atoms with E-state index < -0.39 is 8.07 Å². The summed E-state index contributed by atoms with van der Waals surface area (Å²) in [6.07, 6.45) is 0. The maximum absolute atomic E-state index is 6.69. The summed E-state index contributed by atoms with van der Waals surface area (Å²) in [7, 11) is -2.69. The molecule has 9 aromatic carbocycles. The van der Waals surface area contributed by atoms with E-state index in [4.69, 9.17) is 9.47 Å². The SMILES string of the molecule is c1ccc([Si]2(c3ccccc3)c3ccccc3B(c3ccccc3-c3cccc(-c4cc5c6c(c4)Oc4ccccc4B6c4ccccc4O5)c3)c3ccccc32)cc1. The molecule has 0 bridgehead atoms. The van der Waals surface area contributed by atoms with E-state index >= 15 is 0 Å². The van der Waals surface area contributed by atoms with E-state index in [-0.39, 0.29) is 13.4 Å². The molecule has 5 heteroatoms. The van der Waals surface area contributed by atoms with Crippen molar-refractivity contribution in [3.63, 3.8) is 0 Å². The van der Waals surface area contributed by atoms with Gasteiger partial charge in [-0.3, -0.25) is 0 Å². The van der Waals surface area contributed by atoms with E-state index in [1.54, 1.807) is 0 Å². The second kappa shape index (κ2) is 13.5. The predicted molar refractivity (Wildman–Crippen MR) is 250 cm³/mol. The van der Waals surface area contributed by atoms with E-state index in [0.717, 1.165) is 39.6 Å². The molecule has 0 saturated heterocycles. The van der Waals surface area contributed by atoms with Crippen LogP contribution in [0, 0.1) is 0 Å². The molecule has 3 aliphatic rings. The average Bonchev–Trinajstić information content (AvgIpc) is 3.31. The molecular formula is C54H36B2O2Si. The van der Waals surface area contributed by atoms with Crippen molar-refractivity contribution >= 4 is 75.0 Å². The van der Waals surface area contributed by atoms with E-state index in [0.29, 0.717) is 0 Å². The van der Waals surface area contributed by atoms with E-state index in [2.05, 4.69) is 218 Å². The van der Waals surface area contributed by atoms with E-state index in [9.17, 15) is 0 Å². The van der Waals surface area contributed by atoms with Gasteiger partial charge in [0.1, 0.15) is 23.0 Å². The van der Waals surface area contributed by atoms with Crippen LogP contribution in [-0.2, 0) is 0 Å². The standard InChI is InChI=1S/C54H36B2O2Si/c1-3-20-40(21-4-1)59(41-22-5-2-6-23-41)52-32-15-11-28-46(52)55(47-29-12-16-33-53(47)59)43-25-8-7-24-42(43)38-19-17-18-37(34-38)39-35-50-54-51(36-39)58-49-31-14-10-27-45(49)56(54)44-26-9-13-30-48(44)57-50/h1-36H. The average molecular weight is 767 g/mol. The fourth-order valence-corrected chi connectivity index (χ4v) is 15.7. The highest BCUT2D eigenvalue weighted by Crippen LogP contribution is 2.38. The maximum Gasteiger partial charge on any atom is 0.260 e. The Morgan fingerprint density at radius 3 is 1.34 bits per heavy atom. The Balaban J connectivity index is 1.02. The van der Waals surface area contributed by atoms with Crippen molar-refractivity contribution in [1.82, 2.24) is 0 Å². The summed E-state index contributed by atoms with van der Waals surface area (Å²) in [5, 5.41) is 5.71. The van der Waals surface area contributed by atoms with Crippen LogP contribution < -0.4 is 63.0 Å². The van der Waals surface area contributed by atoms with Crippen LogP contribution in [0.25, 0.3) is 22.3 Å². The van der Waals surface area contributed by atoms with Gasteiger partial charge >= 0.3 is 0 Å². The number of rotatable bonds is 5. The third kappa shape index (κ3) is 5.15. The molecule has 2 nitrogen and oxygen atoms in total. The lowest BCUT2D eigenvalue weighted by molar-refractivity contribution is 0.465. The van der Waals surface area contributed by atoms with Gasteiger partial charge in [0.25, 0.3) is 6.71 Å². The number of hydrogen-bond donors (Lipinski definition) is 0. The fraction of sp³-hybridized carbons (Fsp3) is 0. The summed E-state index contributed by atoms with van der Waals surface area (Å²) in [6, 6.07) is 80.3. The number of ether oxygens (including phenoxy) is 2. The van der Waals surface area contributed by atoms with Crippen LogP contribution in [0.4, 0.5) is 0 Å². The highest BCUT2D eigenvalue weighted by molar-refractivity contribution is 7.26. The van der Waals surface area contributed by atoms with Gasteiger partial charge in [-0.1, -0.05) is 204 Å². The van der Waals surface area contributed by atoms with Gasteiger partial charge in [-0.15, -0.1) is 0 Å². The Hall–Kier alpha value is -7.07. The Labute approximate surface area is 346 Å². The van der Waals surface area contributed by atoms with Crippen molar-refractivity contribution in [2.24, 2.45) is 0 Å². The summed E-state index contributed by atoms with van der Waals surface area (Å²) >= 11 is 0. The van der Waals surface area contributed by atoms with Crippen LogP contribution in [0.1, 0.15) is 0 Å². The Morgan fingerprint density at radius 2 is 0.763 bits per heavy atom.